The minimum Gasteiger partial charge on any atom is -0.455 e. The smallest absolute Gasteiger partial charge is 0.226 e. The number of anilines is 2. The van der Waals surface area contributed by atoms with Crippen LogP contribution in [0.15, 0.2) is 78.9 Å². The van der Waals surface area contributed by atoms with Crippen molar-refractivity contribution in [2.45, 2.75) is 13.3 Å². The molecule has 150 valence electrons. The third-order valence-corrected chi connectivity index (χ3v) is 4.37. The van der Waals surface area contributed by atoms with Gasteiger partial charge in [-0.1, -0.05) is 30.3 Å². The van der Waals surface area contributed by atoms with Crippen LogP contribution >= 0.6 is 0 Å². The van der Waals surface area contributed by atoms with E-state index < -0.39 is 0 Å². The van der Waals surface area contributed by atoms with Crippen LogP contribution in [0.5, 0.6) is 11.5 Å². The molecule has 3 rings (SSSR count). The number of amides is 2. The number of nitrogens with one attached hydrogen (secondary N) is 1. The zero-order valence-electron chi connectivity index (χ0n) is 16.5. The fourth-order valence-corrected chi connectivity index (χ4v) is 2.89. The summed E-state index contributed by atoms with van der Waals surface area (Å²) in [6, 6.07) is 25.2. The zero-order chi connectivity index (χ0) is 21.3. The number of carbonyl (C=O) groups excluding carboxylic acids is 2. The first-order valence-corrected chi connectivity index (χ1v) is 9.47. The van der Waals surface area contributed by atoms with E-state index in [4.69, 9.17) is 10.00 Å². The molecule has 0 bridgehead atoms. The first kappa shape index (κ1) is 20.6. The van der Waals surface area contributed by atoms with Crippen molar-refractivity contribution in [2.24, 2.45) is 0 Å². The number of ether oxygens (including phenoxy) is 1. The summed E-state index contributed by atoms with van der Waals surface area (Å²) in [7, 11) is 0. The number of hydrogen-bond acceptors (Lipinski definition) is 4. The highest BCUT2D eigenvalue weighted by atomic mass is 16.5. The number of benzene rings is 3. The average molecular weight is 399 g/mol. The molecule has 0 unspecified atom stereocenters. The van der Waals surface area contributed by atoms with Gasteiger partial charge < -0.3 is 15.0 Å². The maximum absolute atomic E-state index is 12.4. The Morgan fingerprint density at radius 3 is 2.30 bits per heavy atom. The van der Waals surface area contributed by atoms with Crippen LogP contribution in [-0.2, 0) is 9.59 Å². The molecule has 30 heavy (non-hydrogen) atoms. The third kappa shape index (κ3) is 5.46. The maximum Gasteiger partial charge on any atom is 0.226 e. The van der Waals surface area contributed by atoms with Crippen LogP contribution in [0.1, 0.15) is 18.9 Å². The zero-order valence-corrected chi connectivity index (χ0v) is 16.5. The van der Waals surface area contributed by atoms with Gasteiger partial charge in [-0.2, -0.15) is 5.26 Å². The Bertz CT molecular complexity index is 1060. The van der Waals surface area contributed by atoms with Crippen LogP contribution in [0.2, 0.25) is 0 Å². The fraction of sp³-hybridized carbons (Fsp3) is 0.125. The van der Waals surface area contributed by atoms with Gasteiger partial charge in [-0.25, -0.2) is 0 Å². The summed E-state index contributed by atoms with van der Waals surface area (Å²) in [6.07, 6.45) is 0.110. The van der Waals surface area contributed by atoms with Gasteiger partial charge in [0.05, 0.1) is 17.3 Å². The summed E-state index contributed by atoms with van der Waals surface area (Å²) in [5.41, 5.74) is 1.71. The second-order valence-electron chi connectivity index (χ2n) is 6.54. The predicted molar refractivity (Wildman–Crippen MR) is 115 cm³/mol. The van der Waals surface area contributed by atoms with E-state index in [2.05, 4.69) is 5.32 Å². The van der Waals surface area contributed by atoms with Gasteiger partial charge in [0.25, 0.3) is 0 Å². The van der Waals surface area contributed by atoms with E-state index in [0.29, 0.717) is 28.4 Å². The number of hydrogen-bond donors (Lipinski definition) is 1. The predicted octanol–water partition coefficient (Wildman–Crippen LogP) is 4.73. The second kappa shape index (κ2) is 9.89. The van der Waals surface area contributed by atoms with Gasteiger partial charge in [-0.15, -0.1) is 0 Å². The van der Waals surface area contributed by atoms with E-state index in [0.717, 1.165) is 0 Å². The number of carbonyl (C=O) groups is 2. The Hall–Kier alpha value is -4.11. The van der Waals surface area contributed by atoms with Gasteiger partial charge in [0, 0.05) is 25.6 Å². The number of nitriles is 1. The van der Waals surface area contributed by atoms with Crippen molar-refractivity contribution in [2.75, 3.05) is 16.8 Å². The molecule has 0 saturated heterocycles. The monoisotopic (exact) mass is 399 g/mol. The van der Waals surface area contributed by atoms with Crippen LogP contribution in [0.25, 0.3) is 0 Å². The number of rotatable bonds is 7. The van der Waals surface area contributed by atoms with Gasteiger partial charge in [-0.05, 0) is 48.5 Å². The highest BCUT2D eigenvalue weighted by Crippen LogP contribution is 2.32. The van der Waals surface area contributed by atoms with E-state index in [1.165, 1.54) is 11.8 Å². The molecule has 6 nitrogen and oxygen atoms in total. The summed E-state index contributed by atoms with van der Waals surface area (Å²) in [6.45, 7) is 1.66. The van der Waals surface area contributed by atoms with Crippen molar-refractivity contribution < 1.29 is 14.3 Å². The summed E-state index contributed by atoms with van der Waals surface area (Å²) in [5.74, 6) is 0.774. The lowest BCUT2D eigenvalue weighted by molar-refractivity contribution is -0.117. The van der Waals surface area contributed by atoms with Gasteiger partial charge in [0.2, 0.25) is 11.8 Å². The van der Waals surface area contributed by atoms with Crippen molar-refractivity contribution in [1.82, 2.24) is 0 Å². The quantitative estimate of drug-likeness (QED) is 0.622. The molecular weight excluding hydrogens is 378 g/mol. The Labute approximate surface area is 175 Å². The van der Waals surface area contributed by atoms with E-state index in [-0.39, 0.29) is 24.8 Å². The summed E-state index contributed by atoms with van der Waals surface area (Å²) in [4.78, 5) is 26.2. The first-order valence-electron chi connectivity index (χ1n) is 9.47. The molecule has 0 saturated carbocycles. The Balaban J connectivity index is 1.69. The third-order valence-electron chi connectivity index (χ3n) is 4.37. The van der Waals surface area contributed by atoms with Crippen molar-refractivity contribution >= 4 is 23.2 Å². The molecule has 0 aliphatic rings. The highest BCUT2D eigenvalue weighted by molar-refractivity contribution is 5.95. The van der Waals surface area contributed by atoms with Gasteiger partial charge >= 0.3 is 0 Å². The molecule has 3 aromatic carbocycles. The van der Waals surface area contributed by atoms with Gasteiger partial charge in [-0.3, -0.25) is 9.59 Å². The minimum atomic E-state index is -0.229. The van der Waals surface area contributed by atoms with Gasteiger partial charge in [0.15, 0.2) is 5.75 Å². The molecule has 3 aromatic rings. The molecule has 6 heteroatoms. The summed E-state index contributed by atoms with van der Waals surface area (Å²) in [5, 5.41) is 11.6. The molecule has 0 aliphatic carbocycles. The molecule has 1 N–H and O–H groups in total. The van der Waals surface area contributed by atoms with Crippen LogP contribution in [-0.4, -0.2) is 18.4 Å². The van der Waals surface area contributed by atoms with Crippen molar-refractivity contribution in [3.63, 3.8) is 0 Å². The normalized spacial score (nSPS) is 10.0. The van der Waals surface area contributed by atoms with Crippen LogP contribution in [0.3, 0.4) is 0 Å². The lowest BCUT2D eigenvalue weighted by Crippen LogP contribution is -2.32. The number of nitrogens with zero attached hydrogens (tertiary/aromatic N) is 2. The molecule has 0 fully saturated rings. The maximum atomic E-state index is 12.4. The summed E-state index contributed by atoms with van der Waals surface area (Å²) >= 11 is 0. The molecule has 0 aromatic heterocycles. The standard InChI is InChI=1S/C24H21N3O3/c1-18(28)27(16-15-24(29)26-20-13-11-19(17-25)12-14-20)22-9-5-6-10-23(22)30-21-7-3-2-4-8-21/h2-14H,15-16H2,1H3,(H,26,29). The molecular formula is C24H21N3O3. The Morgan fingerprint density at radius 1 is 0.967 bits per heavy atom. The SMILES string of the molecule is CC(=O)N(CCC(=O)Nc1ccc(C#N)cc1)c1ccccc1Oc1ccccc1. The van der Waals surface area contributed by atoms with Gasteiger partial charge in [0.1, 0.15) is 5.75 Å². The lowest BCUT2D eigenvalue weighted by atomic mass is 10.2. The minimum absolute atomic E-state index is 0.110. The van der Waals surface area contributed by atoms with Crippen molar-refractivity contribution in [1.29, 1.82) is 5.26 Å². The number of para-hydroxylation sites is 3. The molecule has 0 atom stereocenters. The van der Waals surface area contributed by atoms with E-state index in [1.807, 2.05) is 48.5 Å². The van der Waals surface area contributed by atoms with E-state index in [9.17, 15) is 9.59 Å². The molecule has 0 radical (unpaired) electrons. The molecule has 0 heterocycles. The first-order chi connectivity index (χ1) is 14.6. The van der Waals surface area contributed by atoms with E-state index >= 15 is 0 Å². The van der Waals surface area contributed by atoms with E-state index in [1.54, 1.807) is 36.4 Å². The van der Waals surface area contributed by atoms with Crippen LogP contribution in [0.4, 0.5) is 11.4 Å². The van der Waals surface area contributed by atoms with Crippen molar-refractivity contribution in [3.8, 4) is 17.6 Å². The highest BCUT2D eigenvalue weighted by Gasteiger charge is 2.18. The Kier molecular flexibility index (Phi) is 6.80. The largest absolute Gasteiger partial charge is 0.455 e. The van der Waals surface area contributed by atoms with Crippen LogP contribution < -0.4 is 15.0 Å². The molecule has 2 amide bonds. The molecule has 0 spiro atoms. The van der Waals surface area contributed by atoms with Crippen LogP contribution in [0, 0.1) is 11.3 Å². The average Bonchev–Trinajstić information content (AvgIpc) is 2.76. The Morgan fingerprint density at radius 2 is 1.63 bits per heavy atom. The second-order valence-corrected chi connectivity index (χ2v) is 6.54. The fourth-order valence-electron chi connectivity index (χ4n) is 2.89. The lowest BCUT2D eigenvalue weighted by Gasteiger charge is -2.23. The molecule has 0 aliphatic heterocycles. The summed E-state index contributed by atoms with van der Waals surface area (Å²) < 4.78 is 5.94. The van der Waals surface area contributed by atoms with Crippen molar-refractivity contribution in [3.05, 3.63) is 84.4 Å². The topological polar surface area (TPSA) is 82.4 Å².